The van der Waals surface area contributed by atoms with E-state index in [1.807, 2.05) is 36.4 Å². The smallest absolute Gasteiger partial charge is 0.124 e. The van der Waals surface area contributed by atoms with Crippen molar-refractivity contribution < 1.29 is 0 Å². The average molecular weight is 985 g/mol. The van der Waals surface area contributed by atoms with Gasteiger partial charge in [0.1, 0.15) is 52.8 Å². The lowest BCUT2D eigenvalue weighted by molar-refractivity contribution is 1.31. The summed E-state index contributed by atoms with van der Waals surface area (Å²) >= 11 is 10.1. The van der Waals surface area contributed by atoms with Crippen molar-refractivity contribution in [2.24, 2.45) is 0 Å². The van der Waals surface area contributed by atoms with Crippen molar-refractivity contribution >= 4 is 68.0 Å². The van der Waals surface area contributed by atoms with Crippen molar-refractivity contribution in [3.63, 3.8) is 0 Å². The molecule has 0 aliphatic carbocycles. The maximum Gasteiger partial charge on any atom is 0.124 e. The first-order valence-corrected chi connectivity index (χ1v) is 26.7. The van der Waals surface area contributed by atoms with Crippen molar-refractivity contribution in [2.75, 3.05) is 0 Å². The molecule has 0 saturated heterocycles. The fourth-order valence-electron chi connectivity index (χ4n) is 7.99. The summed E-state index contributed by atoms with van der Waals surface area (Å²) in [4.78, 5) is 39.2. The van der Waals surface area contributed by atoms with Crippen LogP contribution in [-0.2, 0) is 0 Å². The molecular weight excluding hydrogens is 949 g/mol. The lowest BCUT2D eigenvalue weighted by atomic mass is 10.1. The van der Waals surface area contributed by atoms with Crippen LogP contribution in [0.4, 0.5) is 0 Å². The molecule has 6 aromatic heterocycles. The highest BCUT2D eigenvalue weighted by Gasteiger charge is 2.32. The summed E-state index contributed by atoms with van der Waals surface area (Å²) in [5.41, 5.74) is 11.4. The summed E-state index contributed by atoms with van der Waals surface area (Å²) in [5, 5.41) is 5.53. The summed E-state index contributed by atoms with van der Waals surface area (Å²) in [6.07, 6.45) is 0. The van der Waals surface area contributed by atoms with E-state index in [0.29, 0.717) is 0 Å². The molecule has 6 heterocycles. The van der Waals surface area contributed by atoms with Crippen LogP contribution in [0.5, 0.6) is 0 Å². The van der Waals surface area contributed by atoms with Crippen LogP contribution in [0.1, 0.15) is 9.75 Å². The molecule has 0 aliphatic rings. The van der Waals surface area contributed by atoms with Crippen molar-refractivity contribution in [3.05, 3.63) is 192 Å². The highest BCUT2D eigenvalue weighted by molar-refractivity contribution is 7.23. The van der Waals surface area contributed by atoms with Gasteiger partial charge in [0.25, 0.3) is 0 Å². The molecule has 0 N–H and O–H groups in total. The third kappa shape index (κ3) is 8.08. The van der Waals surface area contributed by atoms with Gasteiger partial charge >= 0.3 is 0 Å². The van der Waals surface area contributed by atoms with E-state index in [0.717, 1.165) is 127 Å². The number of hydrogen-bond donors (Lipinski definition) is 0. The number of aryl methyl sites for hydroxylation is 2. The molecule has 326 valence electrons. The Morgan fingerprint density at radius 3 is 0.691 bits per heavy atom. The topological polar surface area (TPSA) is 77.3 Å². The van der Waals surface area contributed by atoms with Crippen LogP contribution in [0, 0.1) is 13.8 Å². The minimum absolute atomic E-state index is 0.762. The maximum atomic E-state index is 5.64. The first-order valence-electron chi connectivity index (χ1n) is 21.8. The van der Waals surface area contributed by atoms with Gasteiger partial charge in [-0.1, -0.05) is 182 Å². The fraction of sp³-hybridized carbons (Fsp3) is 0.0357. The van der Waals surface area contributed by atoms with E-state index in [1.54, 1.807) is 68.0 Å². The Kier molecular flexibility index (Phi) is 11.4. The summed E-state index contributed by atoms with van der Waals surface area (Å²) in [6, 6.07) is 62.5. The lowest BCUT2D eigenvalue weighted by Gasteiger charge is -2.04. The molecule has 12 heteroatoms. The molecular formula is C56H36N6S6. The first-order chi connectivity index (χ1) is 33.5. The molecule has 0 amide bonds. The molecule has 6 nitrogen and oxygen atoms in total. The number of thiazole rings is 6. The second kappa shape index (κ2) is 18.3. The SMILES string of the molecule is Cc1sc(-c2ccccc2)nc1-c1sc(-c2ccccc2)nc1-c1nc(-c2ccccc2)sc1-c1nc(-c2ccccc2)sc1-c1nc(-c2ccccc2)sc1-c1nc(-c2ccccc2)sc1C. The number of hydrogen-bond acceptors (Lipinski definition) is 12. The Morgan fingerprint density at radius 2 is 0.412 bits per heavy atom. The number of benzene rings is 6. The fourth-order valence-corrected chi connectivity index (χ4v) is 14.5. The van der Waals surface area contributed by atoms with Crippen LogP contribution in [0.15, 0.2) is 182 Å². The van der Waals surface area contributed by atoms with Gasteiger partial charge in [0.2, 0.25) is 0 Å². The monoisotopic (exact) mass is 984 g/mol. The quantitative estimate of drug-likeness (QED) is 0.128. The maximum absolute atomic E-state index is 5.64. The van der Waals surface area contributed by atoms with Crippen LogP contribution >= 0.6 is 68.0 Å². The molecule has 0 aliphatic heterocycles. The molecule has 0 spiro atoms. The van der Waals surface area contributed by atoms with Crippen molar-refractivity contribution in [2.45, 2.75) is 13.8 Å². The van der Waals surface area contributed by atoms with Crippen LogP contribution in [-0.4, -0.2) is 29.9 Å². The largest absolute Gasteiger partial charge is 0.235 e. The Morgan fingerprint density at radius 1 is 0.221 bits per heavy atom. The molecule has 6 aromatic carbocycles. The molecule has 0 radical (unpaired) electrons. The van der Waals surface area contributed by atoms with E-state index in [1.165, 1.54) is 0 Å². The van der Waals surface area contributed by atoms with Crippen molar-refractivity contribution in [1.82, 2.24) is 29.9 Å². The van der Waals surface area contributed by atoms with E-state index in [2.05, 4.69) is 159 Å². The molecule has 0 atom stereocenters. The molecule has 0 saturated carbocycles. The first kappa shape index (κ1) is 42.5. The Balaban J connectivity index is 1.13. The van der Waals surface area contributed by atoms with Gasteiger partial charge in [-0.15, -0.1) is 68.0 Å². The van der Waals surface area contributed by atoms with Gasteiger partial charge in [-0.3, -0.25) is 0 Å². The summed E-state index contributed by atoms with van der Waals surface area (Å²) in [5.74, 6) is 0. The Hall–Kier alpha value is -6.90. The predicted octanol–water partition coefficient (Wildman–Crippen LogP) is 17.4. The van der Waals surface area contributed by atoms with E-state index in [9.17, 15) is 0 Å². The summed E-state index contributed by atoms with van der Waals surface area (Å²) < 4.78 is 0. The van der Waals surface area contributed by atoms with Gasteiger partial charge in [-0.05, 0) is 13.8 Å². The minimum Gasteiger partial charge on any atom is -0.235 e. The van der Waals surface area contributed by atoms with Crippen LogP contribution in [0.25, 0.3) is 117 Å². The standard InChI is InChI=1S/C56H36N6S6/c1-33-41(57-51(63-33)35-21-9-3-10-22-35)47-43(59-53(65-47)37-25-13-5-14-26-37)44-49(67-54(60-44)38-27-15-6-16-28-38)46-50(68-56(62-46)40-31-19-8-20-32-40)45-48(66-55(61-45)39-29-17-7-18-30-39)42-34(2)64-52(58-42)36-23-11-4-12-24-36/h3-32H,1-2H3. The van der Waals surface area contributed by atoms with Crippen LogP contribution in [0.3, 0.4) is 0 Å². The Bertz CT molecular complexity index is 3440. The van der Waals surface area contributed by atoms with Crippen molar-refractivity contribution in [1.29, 1.82) is 0 Å². The zero-order valence-corrected chi connectivity index (χ0v) is 41.4. The van der Waals surface area contributed by atoms with Gasteiger partial charge in [0.05, 0.1) is 30.9 Å². The van der Waals surface area contributed by atoms with Crippen molar-refractivity contribution in [3.8, 4) is 117 Å². The third-order valence-corrected chi connectivity index (χ3v) is 17.8. The minimum atomic E-state index is 0.762. The molecule has 12 aromatic rings. The van der Waals surface area contributed by atoms with Crippen LogP contribution in [0.2, 0.25) is 0 Å². The van der Waals surface area contributed by atoms with Gasteiger partial charge in [-0.2, -0.15) is 0 Å². The summed E-state index contributed by atoms with van der Waals surface area (Å²) in [7, 11) is 0. The van der Waals surface area contributed by atoms with Gasteiger partial charge < -0.3 is 0 Å². The predicted molar refractivity (Wildman–Crippen MR) is 290 cm³/mol. The second-order valence-corrected chi connectivity index (χ2v) is 22.2. The summed E-state index contributed by atoms with van der Waals surface area (Å²) in [6.45, 7) is 4.32. The number of aromatic nitrogens is 6. The molecule has 0 bridgehead atoms. The second-order valence-electron chi connectivity index (χ2n) is 15.8. The van der Waals surface area contributed by atoms with E-state index < -0.39 is 0 Å². The van der Waals surface area contributed by atoms with E-state index in [4.69, 9.17) is 29.9 Å². The van der Waals surface area contributed by atoms with Gasteiger partial charge in [-0.25, -0.2) is 29.9 Å². The lowest BCUT2D eigenvalue weighted by Crippen LogP contribution is -1.90. The van der Waals surface area contributed by atoms with E-state index >= 15 is 0 Å². The number of rotatable bonds is 11. The normalized spacial score (nSPS) is 11.4. The van der Waals surface area contributed by atoms with Crippen LogP contribution < -0.4 is 0 Å². The zero-order chi connectivity index (χ0) is 45.6. The molecule has 0 unspecified atom stereocenters. The average Bonchev–Trinajstić information content (AvgIpc) is 4.28. The highest BCUT2D eigenvalue weighted by atomic mass is 32.1. The highest BCUT2D eigenvalue weighted by Crippen LogP contribution is 2.54. The molecule has 68 heavy (non-hydrogen) atoms. The molecule has 0 fully saturated rings. The van der Waals surface area contributed by atoms with Gasteiger partial charge in [0, 0.05) is 43.1 Å². The zero-order valence-electron chi connectivity index (χ0n) is 36.5. The van der Waals surface area contributed by atoms with E-state index in [-0.39, 0.29) is 0 Å². The number of nitrogens with zero attached hydrogens (tertiary/aromatic N) is 6. The third-order valence-electron chi connectivity index (χ3n) is 11.3. The Labute approximate surface area is 417 Å². The molecule has 12 rings (SSSR count). The van der Waals surface area contributed by atoms with Gasteiger partial charge in [0.15, 0.2) is 0 Å².